The van der Waals surface area contributed by atoms with Crippen LogP contribution in [0.4, 0.5) is 5.69 Å². The number of hydrogen-bond acceptors (Lipinski definition) is 3. The summed E-state index contributed by atoms with van der Waals surface area (Å²) in [6.07, 6.45) is 5.77. The van der Waals surface area contributed by atoms with Gasteiger partial charge in [-0.05, 0) is 66.2 Å². The van der Waals surface area contributed by atoms with E-state index in [1.165, 1.54) is 0 Å². The third-order valence-electron chi connectivity index (χ3n) is 4.32. The summed E-state index contributed by atoms with van der Waals surface area (Å²) >= 11 is 12.0. The zero-order valence-electron chi connectivity index (χ0n) is 13.8. The number of ether oxygens (including phenoxy) is 1. The lowest BCUT2D eigenvalue weighted by molar-refractivity contribution is 0.251. The van der Waals surface area contributed by atoms with Crippen molar-refractivity contribution in [2.75, 3.05) is 11.6 Å². The average molecular weight is 383 g/mol. The van der Waals surface area contributed by atoms with Crippen LogP contribution in [0.5, 0.6) is 0 Å². The zero-order chi connectivity index (χ0) is 17.9. The molecule has 2 aromatic carbocycles. The number of rotatable bonds is 3. The first-order chi connectivity index (χ1) is 12.7. The maximum Gasteiger partial charge on any atom is 0.162 e. The molecule has 0 radical (unpaired) electrons. The Bertz CT molecular complexity index is 909. The molecule has 130 valence electrons. The Morgan fingerprint density at radius 1 is 0.923 bits per heavy atom. The Hall–Kier alpha value is -2.49. The fraction of sp³-hybridized carbons (Fsp3) is 0.0952. The van der Waals surface area contributed by atoms with Gasteiger partial charge in [-0.3, -0.25) is 4.98 Å². The second-order valence-electron chi connectivity index (χ2n) is 5.99. The summed E-state index contributed by atoms with van der Waals surface area (Å²) < 4.78 is 6.04. The van der Waals surface area contributed by atoms with E-state index in [2.05, 4.69) is 22.0 Å². The van der Waals surface area contributed by atoms with Gasteiger partial charge < -0.3 is 9.64 Å². The molecule has 0 spiro atoms. The van der Waals surface area contributed by atoms with Crippen molar-refractivity contribution in [1.29, 1.82) is 0 Å². The highest BCUT2D eigenvalue weighted by Crippen LogP contribution is 2.35. The van der Waals surface area contributed by atoms with Crippen LogP contribution in [0.1, 0.15) is 17.2 Å². The lowest BCUT2D eigenvalue weighted by Crippen LogP contribution is -2.33. The Morgan fingerprint density at radius 2 is 1.62 bits per heavy atom. The maximum atomic E-state index is 6.04. The van der Waals surface area contributed by atoms with E-state index >= 15 is 0 Å². The predicted molar refractivity (Wildman–Crippen MR) is 106 cm³/mol. The maximum absolute atomic E-state index is 6.04. The summed E-state index contributed by atoms with van der Waals surface area (Å²) in [6, 6.07) is 19.4. The Kier molecular flexibility index (Phi) is 4.83. The van der Waals surface area contributed by atoms with Crippen LogP contribution < -0.4 is 4.90 Å². The zero-order valence-corrected chi connectivity index (χ0v) is 15.4. The molecule has 0 saturated heterocycles. The molecule has 1 aliphatic rings. The molecule has 5 heteroatoms. The van der Waals surface area contributed by atoms with E-state index < -0.39 is 0 Å². The predicted octanol–water partition coefficient (Wildman–Crippen LogP) is 5.96. The molecule has 0 N–H and O–H groups in total. The van der Waals surface area contributed by atoms with Gasteiger partial charge in [0, 0.05) is 33.7 Å². The molecule has 1 aromatic heterocycles. The summed E-state index contributed by atoms with van der Waals surface area (Å²) in [4.78, 5) is 6.45. The summed E-state index contributed by atoms with van der Waals surface area (Å²) in [6.45, 7) is 0.426. The second kappa shape index (κ2) is 7.40. The summed E-state index contributed by atoms with van der Waals surface area (Å²) in [5, 5.41) is 1.42. The first kappa shape index (κ1) is 17.0. The molecule has 4 rings (SSSR count). The molecule has 0 aliphatic carbocycles. The minimum Gasteiger partial charge on any atom is -0.473 e. The standard InChI is InChI=1S/C21H16Cl2N2O/c22-17-5-3-15(4-6-17)21-12-20(16-2-1-11-24-13-16)25(14-26-21)19-9-7-18(23)8-10-19/h1-13,20H,14H2. The summed E-state index contributed by atoms with van der Waals surface area (Å²) in [7, 11) is 0. The highest BCUT2D eigenvalue weighted by atomic mass is 35.5. The van der Waals surface area contributed by atoms with Crippen molar-refractivity contribution < 1.29 is 4.74 Å². The van der Waals surface area contributed by atoms with E-state index in [1.807, 2.05) is 60.8 Å². The third kappa shape index (κ3) is 3.55. The van der Waals surface area contributed by atoms with E-state index in [4.69, 9.17) is 27.9 Å². The van der Waals surface area contributed by atoms with Gasteiger partial charge in [-0.15, -0.1) is 0 Å². The third-order valence-corrected chi connectivity index (χ3v) is 4.82. The number of halogens is 2. The van der Waals surface area contributed by atoms with Gasteiger partial charge in [0.05, 0.1) is 6.04 Å². The molecule has 0 saturated carbocycles. The topological polar surface area (TPSA) is 25.4 Å². The highest BCUT2D eigenvalue weighted by molar-refractivity contribution is 6.30. The van der Waals surface area contributed by atoms with Crippen LogP contribution in [-0.2, 0) is 4.74 Å². The van der Waals surface area contributed by atoms with Gasteiger partial charge in [0.2, 0.25) is 0 Å². The first-order valence-electron chi connectivity index (χ1n) is 8.23. The minimum atomic E-state index is 0.00398. The molecule has 2 heterocycles. The van der Waals surface area contributed by atoms with Crippen molar-refractivity contribution in [3.63, 3.8) is 0 Å². The molecule has 1 atom stereocenters. The number of aromatic nitrogens is 1. The molecule has 0 amide bonds. The summed E-state index contributed by atoms with van der Waals surface area (Å²) in [5.74, 6) is 0.834. The van der Waals surface area contributed by atoms with E-state index in [9.17, 15) is 0 Å². The molecule has 0 bridgehead atoms. The highest BCUT2D eigenvalue weighted by Gasteiger charge is 2.26. The number of pyridine rings is 1. The Labute approximate surface area is 162 Å². The lowest BCUT2D eigenvalue weighted by atomic mass is 10.0. The van der Waals surface area contributed by atoms with Gasteiger partial charge in [-0.1, -0.05) is 29.3 Å². The molecule has 3 aromatic rings. The van der Waals surface area contributed by atoms with Gasteiger partial charge in [-0.2, -0.15) is 0 Å². The van der Waals surface area contributed by atoms with Crippen LogP contribution in [0.3, 0.4) is 0 Å². The normalized spacial score (nSPS) is 16.8. The van der Waals surface area contributed by atoms with Gasteiger partial charge in [-0.25, -0.2) is 0 Å². The van der Waals surface area contributed by atoms with Crippen molar-refractivity contribution in [2.45, 2.75) is 6.04 Å². The van der Waals surface area contributed by atoms with E-state index in [0.29, 0.717) is 16.8 Å². The number of nitrogens with zero attached hydrogens (tertiary/aromatic N) is 2. The van der Waals surface area contributed by atoms with Gasteiger partial charge in [0.15, 0.2) is 6.73 Å². The van der Waals surface area contributed by atoms with Gasteiger partial charge >= 0.3 is 0 Å². The molecule has 26 heavy (non-hydrogen) atoms. The van der Waals surface area contributed by atoms with Crippen LogP contribution >= 0.6 is 23.2 Å². The molecule has 0 fully saturated rings. The van der Waals surface area contributed by atoms with Crippen LogP contribution in [0, 0.1) is 0 Å². The molecule has 3 nitrogen and oxygen atoms in total. The molecular formula is C21H16Cl2N2O. The molecule has 1 unspecified atom stereocenters. The van der Waals surface area contributed by atoms with Crippen molar-refractivity contribution >= 4 is 34.6 Å². The average Bonchev–Trinajstić information content (AvgIpc) is 2.69. The van der Waals surface area contributed by atoms with Gasteiger partial charge in [0.25, 0.3) is 0 Å². The minimum absolute atomic E-state index is 0.00398. The smallest absolute Gasteiger partial charge is 0.162 e. The fourth-order valence-electron chi connectivity index (χ4n) is 2.99. The Balaban J connectivity index is 1.74. The van der Waals surface area contributed by atoms with Crippen molar-refractivity contribution in [3.05, 3.63) is 100 Å². The molecule has 1 aliphatic heterocycles. The quantitative estimate of drug-likeness (QED) is 0.558. The van der Waals surface area contributed by atoms with E-state index in [1.54, 1.807) is 6.20 Å². The second-order valence-corrected chi connectivity index (χ2v) is 6.86. The van der Waals surface area contributed by atoms with E-state index in [0.717, 1.165) is 22.6 Å². The van der Waals surface area contributed by atoms with Crippen LogP contribution in [0.15, 0.2) is 79.1 Å². The van der Waals surface area contributed by atoms with Crippen LogP contribution in [0.2, 0.25) is 10.0 Å². The monoisotopic (exact) mass is 382 g/mol. The van der Waals surface area contributed by atoms with Crippen LogP contribution in [0.25, 0.3) is 5.76 Å². The molecular weight excluding hydrogens is 367 g/mol. The number of hydrogen-bond donors (Lipinski definition) is 0. The summed E-state index contributed by atoms with van der Waals surface area (Å²) in [5.41, 5.74) is 3.13. The van der Waals surface area contributed by atoms with Crippen LogP contribution in [-0.4, -0.2) is 11.7 Å². The number of benzene rings is 2. The van der Waals surface area contributed by atoms with Crippen molar-refractivity contribution in [2.24, 2.45) is 0 Å². The lowest BCUT2D eigenvalue weighted by Gasteiger charge is -2.36. The van der Waals surface area contributed by atoms with E-state index in [-0.39, 0.29) is 6.04 Å². The first-order valence-corrected chi connectivity index (χ1v) is 8.99. The fourth-order valence-corrected chi connectivity index (χ4v) is 3.24. The van der Waals surface area contributed by atoms with Gasteiger partial charge in [0.1, 0.15) is 5.76 Å². The Morgan fingerprint density at radius 3 is 2.27 bits per heavy atom. The van der Waals surface area contributed by atoms with Crippen molar-refractivity contribution in [1.82, 2.24) is 4.98 Å². The number of anilines is 1. The largest absolute Gasteiger partial charge is 0.473 e. The van der Waals surface area contributed by atoms with Crippen molar-refractivity contribution in [3.8, 4) is 0 Å². The SMILES string of the molecule is Clc1ccc(C2=CC(c3cccnc3)N(c3ccc(Cl)cc3)CO2)cc1.